The van der Waals surface area contributed by atoms with Crippen LogP contribution in [0.5, 0.6) is 0 Å². The summed E-state index contributed by atoms with van der Waals surface area (Å²) in [5.41, 5.74) is 1.20. The fraction of sp³-hybridized carbons (Fsp3) is 0. The summed E-state index contributed by atoms with van der Waals surface area (Å²) in [6.45, 7) is 0. The molecule has 0 unspecified atom stereocenters. The first-order valence-electron chi connectivity index (χ1n) is 5.13. The van der Waals surface area contributed by atoms with E-state index in [0.29, 0.717) is 10.7 Å². The van der Waals surface area contributed by atoms with E-state index in [1.54, 1.807) is 24.3 Å². The Morgan fingerprint density at radius 2 is 1.84 bits per heavy atom. The lowest BCUT2D eigenvalue weighted by Gasteiger charge is -2.11. The van der Waals surface area contributed by atoms with Gasteiger partial charge in [0, 0.05) is 9.50 Å². The number of nitrogens with one attached hydrogen (secondary N) is 1. The molecule has 0 aromatic heterocycles. The molecule has 0 heterocycles. The largest absolute Gasteiger partial charge is 0.352 e. The topological polar surface area (TPSA) is 35.8 Å². The fourth-order valence-corrected chi connectivity index (χ4v) is 2.68. The van der Waals surface area contributed by atoms with E-state index in [0.717, 1.165) is 4.47 Å². The van der Waals surface area contributed by atoms with E-state index in [-0.39, 0.29) is 15.7 Å². The van der Waals surface area contributed by atoms with Crippen LogP contribution in [0.15, 0.2) is 39.3 Å². The molecule has 19 heavy (non-hydrogen) atoms. The van der Waals surface area contributed by atoms with Gasteiger partial charge in [-0.2, -0.15) is 5.26 Å². The molecule has 96 valence electrons. The molecular formula is C13H6Br2ClFN2. The highest BCUT2D eigenvalue weighted by Crippen LogP contribution is 2.32. The summed E-state index contributed by atoms with van der Waals surface area (Å²) < 4.78 is 14.9. The monoisotopic (exact) mass is 402 g/mol. The molecule has 0 spiro atoms. The van der Waals surface area contributed by atoms with E-state index in [1.807, 2.05) is 6.07 Å². The average Bonchev–Trinajstić information content (AvgIpc) is 2.38. The van der Waals surface area contributed by atoms with E-state index < -0.39 is 5.82 Å². The molecule has 0 atom stereocenters. The van der Waals surface area contributed by atoms with Crippen LogP contribution in [-0.2, 0) is 0 Å². The second-order valence-electron chi connectivity index (χ2n) is 3.65. The summed E-state index contributed by atoms with van der Waals surface area (Å²) in [6.07, 6.45) is 0. The van der Waals surface area contributed by atoms with Gasteiger partial charge in [-0.25, -0.2) is 4.39 Å². The molecule has 2 nitrogen and oxygen atoms in total. The summed E-state index contributed by atoms with van der Waals surface area (Å²) in [5, 5.41) is 12.3. The highest BCUT2D eigenvalue weighted by atomic mass is 79.9. The molecule has 0 aliphatic heterocycles. The zero-order chi connectivity index (χ0) is 14.0. The van der Waals surface area contributed by atoms with Crippen molar-refractivity contribution in [3.05, 3.63) is 55.7 Å². The zero-order valence-corrected chi connectivity index (χ0v) is 13.3. The minimum absolute atomic E-state index is 0.144. The van der Waals surface area contributed by atoms with Gasteiger partial charge in [0.05, 0.1) is 21.4 Å². The SMILES string of the molecule is N#Cc1ccc(Nc2ccc(Cl)cc2Br)c(F)c1Br. The highest BCUT2D eigenvalue weighted by molar-refractivity contribution is 9.11. The van der Waals surface area contributed by atoms with Gasteiger partial charge < -0.3 is 5.32 Å². The minimum atomic E-state index is -0.513. The van der Waals surface area contributed by atoms with E-state index in [1.165, 1.54) is 6.07 Å². The van der Waals surface area contributed by atoms with Gasteiger partial charge in [-0.1, -0.05) is 11.6 Å². The number of rotatable bonds is 2. The number of nitrogens with zero attached hydrogens (tertiary/aromatic N) is 1. The number of nitriles is 1. The number of benzene rings is 2. The molecule has 2 rings (SSSR count). The Morgan fingerprint density at radius 3 is 2.47 bits per heavy atom. The maximum atomic E-state index is 14.0. The first kappa shape index (κ1) is 14.3. The molecule has 1 N–H and O–H groups in total. The Bertz CT molecular complexity index is 683. The molecule has 0 aliphatic rings. The first-order valence-corrected chi connectivity index (χ1v) is 7.09. The summed E-state index contributed by atoms with van der Waals surface area (Å²) >= 11 is 12.2. The third kappa shape index (κ3) is 3.08. The first-order chi connectivity index (χ1) is 9.02. The molecule has 0 aliphatic carbocycles. The molecule has 2 aromatic rings. The van der Waals surface area contributed by atoms with Crippen molar-refractivity contribution in [3.8, 4) is 6.07 Å². The van der Waals surface area contributed by atoms with Crippen LogP contribution in [0.25, 0.3) is 0 Å². The van der Waals surface area contributed by atoms with Crippen molar-refractivity contribution in [2.75, 3.05) is 5.32 Å². The van der Waals surface area contributed by atoms with Crippen LogP contribution in [0, 0.1) is 17.1 Å². The van der Waals surface area contributed by atoms with Gasteiger partial charge in [-0.05, 0) is 62.2 Å². The Morgan fingerprint density at radius 1 is 1.16 bits per heavy atom. The van der Waals surface area contributed by atoms with Crippen LogP contribution in [0.1, 0.15) is 5.56 Å². The molecule has 0 amide bonds. The summed E-state index contributed by atoms with van der Waals surface area (Å²) in [7, 11) is 0. The minimum Gasteiger partial charge on any atom is -0.352 e. The number of anilines is 2. The third-order valence-corrected chi connectivity index (χ3v) is 4.07. The predicted octanol–water partition coefficient (Wildman–Crippen LogP) is 5.62. The van der Waals surface area contributed by atoms with Crippen molar-refractivity contribution in [2.45, 2.75) is 0 Å². The standard InChI is InChI=1S/C13H6Br2ClFN2/c14-9-5-8(16)2-4-10(9)19-11-3-1-7(6-18)12(15)13(11)17/h1-5,19H. The second kappa shape index (κ2) is 5.91. The quantitative estimate of drug-likeness (QED) is 0.705. The molecule has 0 fully saturated rings. The Labute approximate surface area is 131 Å². The lowest BCUT2D eigenvalue weighted by molar-refractivity contribution is 0.624. The van der Waals surface area contributed by atoms with Gasteiger partial charge in [0.25, 0.3) is 0 Å². The van der Waals surface area contributed by atoms with E-state index in [2.05, 4.69) is 37.2 Å². The molecule has 0 bridgehead atoms. The van der Waals surface area contributed by atoms with Gasteiger partial charge in [0.15, 0.2) is 5.82 Å². The van der Waals surface area contributed by atoms with Gasteiger partial charge in [-0.15, -0.1) is 0 Å². The van der Waals surface area contributed by atoms with Crippen molar-refractivity contribution in [1.29, 1.82) is 5.26 Å². The van der Waals surface area contributed by atoms with Crippen molar-refractivity contribution < 1.29 is 4.39 Å². The van der Waals surface area contributed by atoms with E-state index in [9.17, 15) is 4.39 Å². The number of hydrogen-bond donors (Lipinski definition) is 1. The van der Waals surface area contributed by atoms with E-state index >= 15 is 0 Å². The smallest absolute Gasteiger partial charge is 0.162 e. The van der Waals surface area contributed by atoms with Crippen LogP contribution in [0.2, 0.25) is 5.02 Å². The summed E-state index contributed by atoms with van der Waals surface area (Å²) in [5.74, 6) is -0.513. The van der Waals surface area contributed by atoms with E-state index in [4.69, 9.17) is 16.9 Å². The van der Waals surface area contributed by atoms with Crippen molar-refractivity contribution in [3.63, 3.8) is 0 Å². The molecule has 0 saturated heterocycles. The fourth-order valence-electron chi connectivity index (χ4n) is 1.47. The van der Waals surface area contributed by atoms with Crippen molar-refractivity contribution >= 4 is 54.8 Å². The number of hydrogen-bond acceptors (Lipinski definition) is 2. The highest BCUT2D eigenvalue weighted by Gasteiger charge is 2.12. The second-order valence-corrected chi connectivity index (χ2v) is 5.73. The lowest BCUT2D eigenvalue weighted by Crippen LogP contribution is -1.96. The molecule has 2 aromatic carbocycles. The van der Waals surface area contributed by atoms with Crippen LogP contribution >= 0.6 is 43.5 Å². The lowest BCUT2D eigenvalue weighted by atomic mass is 10.2. The van der Waals surface area contributed by atoms with Crippen LogP contribution in [-0.4, -0.2) is 0 Å². The maximum Gasteiger partial charge on any atom is 0.162 e. The average molecular weight is 404 g/mol. The Balaban J connectivity index is 2.39. The Hall–Kier alpha value is -1.09. The van der Waals surface area contributed by atoms with Crippen molar-refractivity contribution in [2.24, 2.45) is 0 Å². The van der Waals surface area contributed by atoms with Crippen LogP contribution < -0.4 is 5.32 Å². The number of halogens is 4. The molecule has 6 heteroatoms. The van der Waals surface area contributed by atoms with Gasteiger partial charge >= 0.3 is 0 Å². The van der Waals surface area contributed by atoms with Gasteiger partial charge in [0.2, 0.25) is 0 Å². The Kier molecular flexibility index (Phi) is 4.46. The van der Waals surface area contributed by atoms with Crippen LogP contribution in [0.3, 0.4) is 0 Å². The molecular weight excluding hydrogens is 398 g/mol. The maximum absolute atomic E-state index is 14.0. The molecule has 0 saturated carbocycles. The van der Waals surface area contributed by atoms with Crippen LogP contribution in [0.4, 0.5) is 15.8 Å². The summed E-state index contributed by atoms with van der Waals surface area (Å²) in [6, 6.07) is 10.1. The van der Waals surface area contributed by atoms with Gasteiger partial charge in [-0.3, -0.25) is 0 Å². The summed E-state index contributed by atoms with van der Waals surface area (Å²) in [4.78, 5) is 0. The predicted molar refractivity (Wildman–Crippen MR) is 81.2 cm³/mol. The zero-order valence-electron chi connectivity index (χ0n) is 9.35. The molecule has 0 radical (unpaired) electrons. The normalized spacial score (nSPS) is 10.1. The van der Waals surface area contributed by atoms with Gasteiger partial charge in [0.1, 0.15) is 6.07 Å². The van der Waals surface area contributed by atoms with Crippen molar-refractivity contribution in [1.82, 2.24) is 0 Å². The third-order valence-electron chi connectivity index (χ3n) is 2.40.